The van der Waals surface area contributed by atoms with Gasteiger partial charge in [-0.15, -0.1) is 0 Å². The summed E-state index contributed by atoms with van der Waals surface area (Å²) in [7, 11) is 1.75. The number of carbonyl (C=O) groups is 1. The normalized spacial score (nSPS) is 23.3. The van der Waals surface area contributed by atoms with Crippen molar-refractivity contribution in [3.63, 3.8) is 0 Å². The summed E-state index contributed by atoms with van der Waals surface area (Å²) in [5.41, 5.74) is 12.1. The maximum absolute atomic E-state index is 11.4. The lowest BCUT2D eigenvalue weighted by Crippen LogP contribution is -2.29. The molecule has 18 heavy (non-hydrogen) atoms. The Morgan fingerprint density at radius 3 is 2.89 bits per heavy atom. The molecule has 1 aliphatic rings. The summed E-state index contributed by atoms with van der Waals surface area (Å²) in [5.74, 6) is 0.309. The minimum Gasteiger partial charge on any atom is -0.474 e. The Bertz CT molecular complexity index is 455. The highest BCUT2D eigenvalue weighted by Crippen LogP contribution is 2.31. The molecule has 1 saturated carbocycles. The van der Waals surface area contributed by atoms with Gasteiger partial charge in [0, 0.05) is 13.0 Å². The molecule has 1 amide bonds. The standard InChI is InChI=1S/C12H20N4O2/c1-7-10(11(14)17)12(16(2)15-7)18-9-5-3-4-8(9)6-13/h8-9H,3-6,13H2,1-2H3,(H2,14,17). The Kier molecular flexibility index (Phi) is 3.56. The van der Waals surface area contributed by atoms with Crippen molar-refractivity contribution in [1.82, 2.24) is 9.78 Å². The molecule has 0 aliphatic heterocycles. The van der Waals surface area contributed by atoms with Gasteiger partial charge < -0.3 is 16.2 Å². The smallest absolute Gasteiger partial charge is 0.256 e. The van der Waals surface area contributed by atoms with Crippen LogP contribution in [-0.2, 0) is 7.05 Å². The van der Waals surface area contributed by atoms with Gasteiger partial charge in [0.1, 0.15) is 11.7 Å². The van der Waals surface area contributed by atoms with Gasteiger partial charge in [-0.25, -0.2) is 4.68 Å². The summed E-state index contributed by atoms with van der Waals surface area (Å²) in [6.07, 6.45) is 3.20. The molecule has 100 valence electrons. The van der Waals surface area contributed by atoms with E-state index < -0.39 is 5.91 Å². The maximum Gasteiger partial charge on any atom is 0.256 e. The van der Waals surface area contributed by atoms with E-state index in [0.717, 1.165) is 19.3 Å². The van der Waals surface area contributed by atoms with E-state index in [2.05, 4.69) is 5.10 Å². The predicted molar refractivity (Wildman–Crippen MR) is 67.3 cm³/mol. The summed E-state index contributed by atoms with van der Waals surface area (Å²) in [6.45, 7) is 2.36. The van der Waals surface area contributed by atoms with Gasteiger partial charge in [-0.1, -0.05) is 0 Å². The van der Waals surface area contributed by atoms with Gasteiger partial charge in [0.05, 0.1) is 5.69 Å². The van der Waals surface area contributed by atoms with Gasteiger partial charge in [0.25, 0.3) is 5.91 Å². The molecule has 1 aromatic heterocycles. The fourth-order valence-corrected chi connectivity index (χ4v) is 2.63. The molecule has 2 atom stereocenters. The number of carbonyl (C=O) groups excluding carboxylic acids is 1. The number of rotatable bonds is 4. The molecule has 0 bridgehead atoms. The van der Waals surface area contributed by atoms with Crippen molar-refractivity contribution >= 4 is 5.91 Å². The van der Waals surface area contributed by atoms with E-state index in [-0.39, 0.29) is 6.10 Å². The zero-order valence-corrected chi connectivity index (χ0v) is 10.8. The summed E-state index contributed by atoms with van der Waals surface area (Å²) in [6, 6.07) is 0. The first kappa shape index (κ1) is 12.9. The van der Waals surface area contributed by atoms with Gasteiger partial charge in [-0.2, -0.15) is 5.10 Å². The number of nitrogens with zero attached hydrogens (tertiary/aromatic N) is 2. The molecule has 2 unspecified atom stereocenters. The van der Waals surface area contributed by atoms with E-state index >= 15 is 0 Å². The summed E-state index contributed by atoms with van der Waals surface area (Å²) in [5, 5.41) is 4.18. The minimum atomic E-state index is -0.502. The van der Waals surface area contributed by atoms with E-state index in [1.165, 1.54) is 0 Å². The highest BCUT2D eigenvalue weighted by atomic mass is 16.5. The minimum absolute atomic E-state index is 0.0582. The molecule has 1 aromatic rings. The lowest BCUT2D eigenvalue weighted by Gasteiger charge is -2.20. The Hall–Kier alpha value is -1.56. The van der Waals surface area contributed by atoms with Gasteiger partial charge >= 0.3 is 0 Å². The number of amides is 1. The van der Waals surface area contributed by atoms with Crippen LogP contribution in [-0.4, -0.2) is 28.3 Å². The number of nitrogens with two attached hydrogens (primary N) is 2. The van der Waals surface area contributed by atoms with Crippen LogP contribution in [0.1, 0.15) is 35.3 Å². The molecule has 6 nitrogen and oxygen atoms in total. The van der Waals surface area contributed by atoms with Crippen LogP contribution in [0.3, 0.4) is 0 Å². The van der Waals surface area contributed by atoms with Crippen LogP contribution in [0.2, 0.25) is 0 Å². The Balaban J connectivity index is 2.26. The molecular formula is C12H20N4O2. The SMILES string of the molecule is Cc1nn(C)c(OC2CCCC2CN)c1C(N)=O. The van der Waals surface area contributed by atoms with Crippen molar-refractivity contribution in [3.05, 3.63) is 11.3 Å². The van der Waals surface area contributed by atoms with Crippen molar-refractivity contribution in [2.24, 2.45) is 24.4 Å². The van der Waals surface area contributed by atoms with Crippen LogP contribution in [0.4, 0.5) is 0 Å². The molecule has 1 fully saturated rings. The third kappa shape index (κ3) is 2.20. The fourth-order valence-electron chi connectivity index (χ4n) is 2.63. The van der Waals surface area contributed by atoms with Crippen LogP contribution >= 0.6 is 0 Å². The van der Waals surface area contributed by atoms with E-state index in [1.807, 2.05) is 0 Å². The number of hydrogen-bond donors (Lipinski definition) is 2. The summed E-state index contributed by atoms with van der Waals surface area (Å²) < 4.78 is 7.51. The molecule has 1 heterocycles. The van der Waals surface area contributed by atoms with Crippen LogP contribution in [0, 0.1) is 12.8 Å². The fraction of sp³-hybridized carbons (Fsp3) is 0.667. The zero-order chi connectivity index (χ0) is 13.3. The lowest BCUT2D eigenvalue weighted by molar-refractivity contribution is 0.0985. The quantitative estimate of drug-likeness (QED) is 0.807. The monoisotopic (exact) mass is 252 g/mol. The first-order valence-corrected chi connectivity index (χ1v) is 6.24. The van der Waals surface area contributed by atoms with E-state index in [1.54, 1.807) is 18.7 Å². The Morgan fingerprint density at radius 2 is 2.28 bits per heavy atom. The third-order valence-corrected chi connectivity index (χ3v) is 3.57. The summed E-state index contributed by atoms with van der Waals surface area (Å²) in [4.78, 5) is 11.4. The molecule has 0 spiro atoms. The van der Waals surface area contributed by atoms with E-state index in [4.69, 9.17) is 16.2 Å². The lowest BCUT2D eigenvalue weighted by atomic mass is 10.1. The molecule has 6 heteroatoms. The van der Waals surface area contributed by atoms with Crippen molar-refractivity contribution in [1.29, 1.82) is 0 Å². The molecule has 0 radical (unpaired) electrons. The average molecular weight is 252 g/mol. The largest absolute Gasteiger partial charge is 0.474 e. The Morgan fingerprint density at radius 1 is 1.56 bits per heavy atom. The molecule has 1 aliphatic carbocycles. The van der Waals surface area contributed by atoms with E-state index in [9.17, 15) is 4.79 Å². The van der Waals surface area contributed by atoms with Crippen LogP contribution in [0.15, 0.2) is 0 Å². The topological polar surface area (TPSA) is 96.2 Å². The van der Waals surface area contributed by atoms with E-state index in [0.29, 0.717) is 29.6 Å². The first-order valence-electron chi connectivity index (χ1n) is 6.24. The Labute approximate surface area is 106 Å². The van der Waals surface area contributed by atoms with Gasteiger partial charge in [-0.3, -0.25) is 4.79 Å². The van der Waals surface area contributed by atoms with Gasteiger partial charge in [-0.05, 0) is 32.7 Å². The first-order chi connectivity index (χ1) is 8.54. The van der Waals surface area contributed by atoms with Crippen molar-refractivity contribution in [3.8, 4) is 5.88 Å². The highest BCUT2D eigenvalue weighted by molar-refractivity contribution is 5.96. The molecule has 4 N–H and O–H groups in total. The number of aromatic nitrogens is 2. The third-order valence-electron chi connectivity index (χ3n) is 3.57. The molecule has 2 rings (SSSR count). The molecule has 0 aromatic carbocycles. The summed E-state index contributed by atoms with van der Waals surface area (Å²) >= 11 is 0. The maximum atomic E-state index is 11.4. The highest BCUT2D eigenvalue weighted by Gasteiger charge is 2.30. The van der Waals surface area contributed by atoms with Crippen molar-refractivity contribution in [2.45, 2.75) is 32.3 Å². The number of hydrogen-bond acceptors (Lipinski definition) is 4. The second-order valence-corrected chi connectivity index (χ2v) is 4.84. The van der Waals surface area contributed by atoms with Crippen molar-refractivity contribution < 1.29 is 9.53 Å². The number of primary amides is 1. The average Bonchev–Trinajstić information content (AvgIpc) is 2.84. The second kappa shape index (κ2) is 4.97. The van der Waals surface area contributed by atoms with Crippen LogP contribution in [0.5, 0.6) is 5.88 Å². The van der Waals surface area contributed by atoms with Crippen molar-refractivity contribution in [2.75, 3.05) is 6.54 Å². The van der Waals surface area contributed by atoms with Crippen LogP contribution in [0.25, 0.3) is 0 Å². The number of aryl methyl sites for hydroxylation is 2. The molecule has 0 saturated heterocycles. The van der Waals surface area contributed by atoms with Gasteiger partial charge in [0.2, 0.25) is 5.88 Å². The molecular weight excluding hydrogens is 232 g/mol. The number of ether oxygens (including phenoxy) is 1. The predicted octanol–water partition coefficient (Wildman–Crippen LogP) is 0.334. The second-order valence-electron chi connectivity index (χ2n) is 4.84. The van der Waals surface area contributed by atoms with Gasteiger partial charge in [0.15, 0.2) is 0 Å². The van der Waals surface area contributed by atoms with Crippen LogP contribution < -0.4 is 16.2 Å². The zero-order valence-electron chi connectivity index (χ0n) is 10.8.